The minimum atomic E-state index is -4.37. The smallest absolute Gasteiger partial charge is 0.324 e. The fraction of sp³-hybridized carbons (Fsp3) is 0.500. The summed E-state index contributed by atoms with van der Waals surface area (Å²) in [6.07, 6.45) is 0.508. The maximum absolute atomic E-state index is 11.8. The molecule has 8 heteroatoms. The Morgan fingerprint density at radius 3 is 1.90 bits per heavy atom. The highest BCUT2D eigenvalue weighted by molar-refractivity contribution is 7.86. The fourth-order valence-corrected chi connectivity index (χ4v) is 4.24. The van der Waals surface area contributed by atoms with Gasteiger partial charge in [-0.05, 0) is 30.5 Å². The Hall–Kier alpha value is -0.720. The third kappa shape index (κ3) is 2.97. The standard InChI is InChI=1S/C12H19O6PS/c1-4-12(5-2,19(13,14)15)10-6-8-11(9-7-10)20(16,17)18-3/h6-9H,4-5H2,1-3H3,(H2,13,14,15). The van der Waals surface area contributed by atoms with Gasteiger partial charge in [0.05, 0.1) is 17.2 Å². The van der Waals surface area contributed by atoms with Crippen molar-refractivity contribution < 1.29 is 27.0 Å². The van der Waals surface area contributed by atoms with Gasteiger partial charge in [-0.1, -0.05) is 26.0 Å². The van der Waals surface area contributed by atoms with Gasteiger partial charge in [-0.25, -0.2) is 0 Å². The molecule has 0 saturated carbocycles. The summed E-state index contributed by atoms with van der Waals surface area (Å²) >= 11 is 0. The second kappa shape index (κ2) is 5.95. The molecule has 114 valence electrons. The van der Waals surface area contributed by atoms with Crippen LogP contribution in [0.5, 0.6) is 0 Å². The third-order valence-corrected chi connectivity index (χ3v) is 6.92. The largest absolute Gasteiger partial charge is 0.335 e. The van der Waals surface area contributed by atoms with Gasteiger partial charge in [0.15, 0.2) is 0 Å². The van der Waals surface area contributed by atoms with Crippen LogP contribution in [0.2, 0.25) is 0 Å². The number of hydrogen-bond acceptors (Lipinski definition) is 4. The van der Waals surface area contributed by atoms with E-state index in [1.165, 1.54) is 24.3 Å². The minimum absolute atomic E-state index is 0.0458. The lowest BCUT2D eigenvalue weighted by molar-refractivity contribution is 0.315. The summed E-state index contributed by atoms with van der Waals surface area (Å²) in [6.45, 7) is 3.39. The molecule has 1 aromatic carbocycles. The first-order valence-corrected chi connectivity index (χ1v) is 9.13. The molecule has 0 heterocycles. The van der Waals surface area contributed by atoms with Crippen molar-refractivity contribution in [2.45, 2.75) is 36.7 Å². The van der Waals surface area contributed by atoms with E-state index in [0.29, 0.717) is 5.56 Å². The first kappa shape index (κ1) is 17.3. The molecule has 0 radical (unpaired) electrons. The van der Waals surface area contributed by atoms with Gasteiger partial charge in [0, 0.05) is 0 Å². The molecule has 0 unspecified atom stereocenters. The van der Waals surface area contributed by atoms with Crippen molar-refractivity contribution in [3.8, 4) is 0 Å². The van der Waals surface area contributed by atoms with Crippen LogP contribution in [0.25, 0.3) is 0 Å². The molecule has 0 aliphatic rings. The van der Waals surface area contributed by atoms with Crippen LogP contribution in [-0.2, 0) is 24.0 Å². The first-order valence-electron chi connectivity index (χ1n) is 6.11. The van der Waals surface area contributed by atoms with E-state index in [9.17, 15) is 22.8 Å². The monoisotopic (exact) mass is 322 g/mol. The van der Waals surface area contributed by atoms with Crippen LogP contribution in [-0.4, -0.2) is 25.3 Å². The van der Waals surface area contributed by atoms with E-state index in [-0.39, 0.29) is 17.7 Å². The molecule has 0 bridgehead atoms. The molecule has 0 spiro atoms. The Bertz CT molecular complexity index is 597. The molecule has 0 aromatic heterocycles. The average Bonchev–Trinajstić information content (AvgIpc) is 2.40. The van der Waals surface area contributed by atoms with E-state index in [1.54, 1.807) is 13.8 Å². The van der Waals surface area contributed by atoms with Gasteiger partial charge in [0.2, 0.25) is 0 Å². The number of benzene rings is 1. The lowest BCUT2D eigenvalue weighted by atomic mass is 9.93. The van der Waals surface area contributed by atoms with Crippen molar-refractivity contribution in [1.29, 1.82) is 0 Å². The maximum atomic E-state index is 11.8. The number of hydrogen-bond donors (Lipinski definition) is 2. The molecule has 1 aromatic rings. The molecule has 6 nitrogen and oxygen atoms in total. The van der Waals surface area contributed by atoms with Gasteiger partial charge in [0.1, 0.15) is 0 Å². The summed E-state index contributed by atoms with van der Waals surface area (Å²) in [6, 6.07) is 5.45. The lowest BCUT2D eigenvalue weighted by Crippen LogP contribution is -2.24. The van der Waals surface area contributed by atoms with Crippen LogP contribution in [0.4, 0.5) is 0 Å². The van der Waals surface area contributed by atoms with Crippen molar-refractivity contribution >= 4 is 17.7 Å². The highest BCUT2D eigenvalue weighted by atomic mass is 32.2. The normalized spacial score (nSPS) is 13.4. The average molecular weight is 322 g/mol. The highest BCUT2D eigenvalue weighted by Crippen LogP contribution is 2.60. The second-order valence-electron chi connectivity index (χ2n) is 4.43. The van der Waals surface area contributed by atoms with E-state index < -0.39 is 22.9 Å². The maximum Gasteiger partial charge on any atom is 0.335 e. The number of rotatable bonds is 6. The molecule has 0 atom stereocenters. The van der Waals surface area contributed by atoms with Crippen molar-refractivity contribution in [1.82, 2.24) is 0 Å². The Morgan fingerprint density at radius 1 is 1.15 bits per heavy atom. The lowest BCUT2D eigenvalue weighted by Gasteiger charge is -2.32. The van der Waals surface area contributed by atoms with Crippen molar-refractivity contribution in [3.05, 3.63) is 29.8 Å². The Kier molecular flexibility index (Phi) is 5.16. The summed E-state index contributed by atoms with van der Waals surface area (Å²) in [7, 11) is -7.12. The predicted molar refractivity (Wildman–Crippen MR) is 74.9 cm³/mol. The molecule has 0 amide bonds. The van der Waals surface area contributed by atoms with Crippen molar-refractivity contribution in [2.75, 3.05) is 7.11 Å². The molecular weight excluding hydrogens is 303 g/mol. The molecule has 20 heavy (non-hydrogen) atoms. The quantitative estimate of drug-likeness (QED) is 0.615. The molecule has 0 saturated heterocycles. The topological polar surface area (TPSA) is 101 Å². The SMILES string of the molecule is CCC(CC)(c1ccc(S(=O)(=O)OC)cc1)P(=O)(O)O. The van der Waals surface area contributed by atoms with Gasteiger partial charge in [0.25, 0.3) is 10.1 Å². The zero-order valence-electron chi connectivity index (χ0n) is 11.6. The van der Waals surface area contributed by atoms with Crippen molar-refractivity contribution in [3.63, 3.8) is 0 Å². The summed E-state index contributed by atoms with van der Waals surface area (Å²) in [4.78, 5) is 19.2. The van der Waals surface area contributed by atoms with Crippen LogP contribution >= 0.6 is 7.60 Å². The molecule has 0 aliphatic heterocycles. The summed E-state index contributed by atoms with van der Waals surface area (Å²) < 4.78 is 39.2. The Balaban J connectivity index is 3.37. The highest BCUT2D eigenvalue weighted by Gasteiger charge is 2.45. The molecule has 0 fully saturated rings. The summed E-state index contributed by atoms with van der Waals surface area (Å²) in [5.41, 5.74) is 0.422. The van der Waals surface area contributed by atoms with Crippen LogP contribution in [0.3, 0.4) is 0 Å². The molecule has 2 N–H and O–H groups in total. The Labute approximate surface area is 119 Å². The van der Waals surface area contributed by atoms with Crippen LogP contribution in [0.1, 0.15) is 32.3 Å². The predicted octanol–water partition coefficient (Wildman–Crippen LogP) is 2.21. The van der Waals surface area contributed by atoms with E-state index in [4.69, 9.17) is 0 Å². The zero-order valence-corrected chi connectivity index (χ0v) is 13.3. The van der Waals surface area contributed by atoms with Crippen LogP contribution in [0.15, 0.2) is 29.2 Å². The van der Waals surface area contributed by atoms with E-state index in [1.807, 2.05) is 0 Å². The molecule has 0 aliphatic carbocycles. The van der Waals surface area contributed by atoms with Crippen LogP contribution < -0.4 is 0 Å². The van der Waals surface area contributed by atoms with E-state index in [0.717, 1.165) is 7.11 Å². The van der Waals surface area contributed by atoms with Gasteiger partial charge in [-0.3, -0.25) is 8.75 Å². The van der Waals surface area contributed by atoms with Gasteiger partial charge in [-0.15, -0.1) is 0 Å². The fourth-order valence-electron chi connectivity index (χ4n) is 2.27. The van der Waals surface area contributed by atoms with Gasteiger partial charge >= 0.3 is 7.60 Å². The first-order chi connectivity index (χ1) is 9.14. The zero-order chi connectivity index (χ0) is 15.6. The van der Waals surface area contributed by atoms with E-state index in [2.05, 4.69) is 4.18 Å². The minimum Gasteiger partial charge on any atom is -0.324 e. The summed E-state index contributed by atoms with van der Waals surface area (Å²) in [5.74, 6) is 0. The van der Waals surface area contributed by atoms with E-state index >= 15 is 0 Å². The molecular formula is C12H19O6PS. The Morgan fingerprint density at radius 2 is 1.60 bits per heavy atom. The summed E-state index contributed by atoms with van der Waals surface area (Å²) in [5, 5.41) is -1.29. The van der Waals surface area contributed by atoms with Gasteiger partial charge in [-0.2, -0.15) is 8.42 Å². The second-order valence-corrected chi connectivity index (χ2v) is 8.08. The van der Waals surface area contributed by atoms with Crippen molar-refractivity contribution in [2.24, 2.45) is 0 Å². The van der Waals surface area contributed by atoms with Gasteiger partial charge < -0.3 is 9.79 Å². The third-order valence-electron chi connectivity index (χ3n) is 3.63. The van der Waals surface area contributed by atoms with Crippen LogP contribution in [0, 0.1) is 0 Å². The molecule has 1 rings (SSSR count).